The lowest BCUT2D eigenvalue weighted by molar-refractivity contribution is -0.117. The molecule has 2 rings (SSSR count). The second-order valence-electron chi connectivity index (χ2n) is 4.03. The Kier molecular flexibility index (Phi) is 3.07. The molecule has 0 unspecified atom stereocenters. The average Bonchev–Trinajstić information content (AvgIpc) is 2.62. The summed E-state index contributed by atoms with van der Waals surface area (Å²) in [5, 5.41) is 0. The first-order valence-corrected chi connectivity index (χ1v) is 5.80. The minimum absolute atomic E-state index is 0.0492. The molecule has 1 aliphatic heterocycles. The summed E-state index contributed by atoms with van der Waals surface area (Å²) in [6, 6.07) is 5.53. The van der Waals surface area contributed by atoms with Gasteiger partial charge in [0.15, 0.2) is 0 Å². The molecule has 0 spiro atoms. The van der Waals surface area contributed by atoms with Gasteiger partial charge in [-0.3, -0.25) is 9.59 Å². The number of carbonyl (C=O) groups excluding carboxylic acids is 2. The molecule has 0 bridgehead atoms. The highest BCUT2D eigenvalue weighted by Gasteiger charge is 2.24. The maximum atomic E-state index is 11.5. The maximum absolute atomic E-state index is 11.5. The molecule has 0 aliphatic carbocycles. The molecule has 0 atom stereocenters. The van der Waals surface area contributed by atoms with Crippen LogP contribution >= 0.6 is 11.6 Å². The summed E-state index contributed by atoms with van der Waals surface area (Å²) in [6.45, 7) is 0. The summed E-state index contributed by atoms with van der Waals surface area (Å²) in [7, 11) is 3.42. The van der Waals surface area contributed by atoms with Crippen LogP contribution in [0.25, 0.3) is 0 Å². The summed E-state index contributed by atoms with van der Waals surface area (Å²) in [6.07, 6.45) is 0.391. The summed E-state index contributed by atoms with van der Waals surface area (Å²) < 4.78 is 0. The van der Waals surface area contributed by atoms with E-state index in [1.54, 1.807) is 19.0 Å². The Hall–Kier alpha value is -1.55. The van der Waals surface area contributed by atoms with Crippen molar-refractivity contribution in [2.24, 2.45) is 0 Å². The van der Waals surface area contributed by atoms with Crippen LogP contribution in [0.3, 0.4) is 0 Å². The molecular formula is C12H13ClN2O2. The number of carbonyl (C=O) groups is 2. The number of amides is 2. The summed E-state index contributed by atoms with van der Waals surface area (Å²) >= 11 is 5.51. The standard InChI is InChI=1S/C12H13ClN2O2/c1-14(12(17)7-13)9-3-4-10-8(5-9)6-11(16)15(10)2/h3-5H,6-7H2,1-2H3. The summed E-state index contributed by atoms with van der Waals surface area (Å²) in [4.78, 5) is 26.1. The molecule has 1 aromatic rings. The highest BCUT2D eigenvalue weighted by Crippen LogP contribution is 2.31. The maximum Gasteiger partial charge on any atom is 0.241 e. The minimum Gasteiger partial charge on any atom is -0.315 e. The molecule has 0 radical (unpaired) electrons. The molecule has 17 heavy (non-hydrogen) atoms. The Bertz CT molecular complexity index is 487. The number of rotatable bonds is 2. The third kappa shape index (κ3) is 2.00. The van der Waals surface area contributed by atoms with Crippen molar-refractivity contribution in [3.8, 4) is 0 Å². The number of anilines is 2. The fourth-order valence-corrected chi connectivity index (χ4v) is 2.08. The van der Waals surface area contributed by atoms with E-state index in [2.05, 4.69) is 0 Å². The fourth-order valence-electron chi connectivity index (χ4n) is 1.90. The molecule has 0 saturated heterocycles. The Morgan fingerprint density at radius 1 is 1.53 bits per heavy atom. The van der Waals surface area contributed by atoms with Crippen molar-refractivity contribution < 1.29 is 9.59 Å². The lowest BCUT2D eigenvalue weighted by atomic mass is 10.1. The normalized spacial score (nSPS) is 13.8. The highest BCUT2D eigenvalue weighted by atomic mass is 35.5. The first-order valence-electron chi connectivity index (χ1n) is 5.26. The van der Waals surface area contributed by atoms with Gasteiger partial charge in [-0.2, -0.15) is 0 Å². The topological polar surface area (TPSA) is 40.6 Å². The molecule has 4 nitrogen and oxygen atoms in total. The van der Waals surface area contributed by atoms with Crippen LogP contribution in [0.15, 0.2) is 18.2 Å². The van der Waals surface area contributed by atoms with Gasteiger partial charge >= 0.3 is 0 Å². The second-order valence-corrected chi connectivity index (χ2v) is 4.30. The van der Waals surface area contributed by atoms with Gasteiger partial charge in [-0.15, -0.1) is 11.6 Å². The molecule has 5 heteroatoms. The van der Waals surface area contributed by atoms with E-state index >= 15 is 0 Å². The van der Waals surface area contributed by atoms with Crippen molar-refractivity contribution >= 4 is 34.8 Å². The summed E-state index contributed by atoms with van der Waals surface area (Å²) in [5.41, 5.74) is 2.62. The van der Waals surface area contributed by atoms with Crippen molar-refractivity contribution in [3.63, 3.8) is 0 Å². The van der Waals surface area contributed by atoms with Gasteiger partial charge in [0.1, 0.15) is 5.88 Å². The average molecular weight is 253 g/mol. The van der Waals surface area contributed by atoms with Gasteiger partial charge in [0.25, 0.3) is 0 Å². The molecule has 0 aromatic heterocycles. The predicted octanol–water partition coefficient (Wildman–Crippen LogP) is 1.41. The number of alkyl halides is 1. The van der Waals surface area contributed by atoms with Crippen molar-refractivity contribution in [1.29, 1.82) is 0 Å². The van der Waals surface area contributed by atoms with Crippen LogP contribution in [-0.4, -0.2) is 31.8 Å². The van der Waals surface area contributed by atoms with Crippen LogP contribution in [0.2, 0.25) is 0 Å². The molecule has 0 saturated carbocycles. The van der Waals surface area contributed by atoms with E-state index in [4.69, 9.17) is 11.6 Å². The van der Waals surface area contributed by atoms with Crippen molar-refractivity contribution in [2.75, 3.05) is 29.8 Å². The van der Waals surface area contributed by atoms with E-state index < -0.39 is 0 Å². The van der Waals surface area contributed by atoms with Gasteiger partial charge in [-0.1, -0.05) is 0 Å². The number of hydrogen-bond donors (Lipinski definition) is 0. The van der Waals surface area contributed by atoms with E-state index in [9.17, 15) is 9.59 Å². The quantitative estimate of drug-likeness (QED) is 0.747. The monoisotopic (exact) mass is 252 g/mol. The van der Waals surface area contributed by atoms with Gasteiger partial charge in [0.05, 0.1) is 6.42 Å². The summed E-state index contributed by atoms with van der Waals surface area (Å²) in [5.74, 6) is -0.139. The van der Waals surface area contributed by atoms with E-state index in [0.29, 0.717) is 6.42 Å². The van der Waals surface area contributed by atoms with E-state index in [1.165, 1.54) is 4.90 Å². The van der Waals surface area contributed by atoms with Crippen LogP contribution in [-0.2, 0) is 16.0 Å². The number of halogens is 1. The number of hydrogen-bond acceptors (Lipinski definition) is 2. The van der Waals surface area contributed by atoms with Crippen LogP contribution in [0.4, 0.5) is 11.4 Å². The molecule has 1 heterocycles. The van der Waals surface area contributed by atoms with Crippen molar-refractivity contribution in [1.82, 2.24) is 0 Å². The van der Waals surface area contributed by atoms with Gasteiger partial charge < -0.3 is 9.80 Å². The van der Waals surface area contributed by atoms with Crippen LogP contribution in [0.5, 0.6) is 0 Å². The molecule has 0 N–H and O–H groups in total. The van der Waals surface area contributed by atoms with Gasteiger partial charge in [0.2, 0.25) is 11.8 Å². The molecule has 1 aliphatic rings. The van der Waals surface area contributed by atoms with Crippen LogP contribution < -0.4 is 9.80 Å². The SMILES string of the molecule is CN(C(=O)CCl)c1ccc2c(c1)CC(=O)N2C. The number of nitrogens with zero attached hydrogens (tertiary/aromatic N) is 2. The first-order chi connectivity index (χ1) is 8.04. The Morgan fingerprint density at radius 2 is 2.24 bits per heavy atom. The molecule has 90 valence electrons. The number of benzene rings is 1. The molecule has 2 amide bonds. The zero-order valence-corrected chi connectivity index (χ0v) is 10.5. The predicted molar refractivity (Wildman–Crippen MR) is 67.7 cm³/mol. The number of fused-ring (bicyclic) bond motifs is 1. The minimum atomic E-state index is -0.163. The second kappa shape index (κ2) is 4.37. The first kappa shape index (κ1) is 11.9. The van der Waals surface area contributed by atoms with Crippen molar-refractivity contribution in [3.05, 3.63) is 23.8 Å². The third-order valence-corrected chi connectivity index (χ3v) is 3.24. The van der Waals surface area contributed by atoms with Gasteiger partial charge in [-0.05, 0) is 23.8 Å². The van der Waals surface area contributed by atoms with Crippen molar-refractivity contribution in [2.45, 2.75) is 6.42 Å². The largest absolute Gasteiger partial charge is 0.315 e. The molecular weight excluding hydrogens is 240 g/mol. The van der Waals surface area contributed by atoms with E-state index in [0.717, 1.165) is 16.9 Å². The lowest BCUT2D eigenvalue weighted by Crippen LogP contribution is -2.27. The van der Waals surface area contributed by atoms with Gasteiger partial charge in [0, 0.05) is 25.5 Å². The Balaban J connectivity index is 2.33. The van der Waals surface area contributed by atoms with E-state index in [1.807, 2.05) is 18.2 Å². The number of likely N-dealkylation sites (N-methyl/N-ethyl adjacent to an activating group) is 1. The Morgan fingerprint density at radius 3 is 2.88 bits per heavy atom. The fraction of sp³-hybridized carbons (Fsp3) is 0.333. The zero-order valence-electron chi connectivity index (χ0n) is 9.74. The smallest absolute Gasteiger partial charge is 0.241 e. The highest BCUT2D eigenvalue weighted by molar-refractivity contribution is 6.29. The third-order valence-electron chi connectivity index (χ3n) is 3.02. The molecule has 1 aromatic carbocycles. The lowest BCUT2D eigenvalue weighted by Gasteiger charge is -2.17. The van der Waals surface area contributed by atoms with Gasteiger partial charge in [-0.25, -0.2) is 0 Å². The zero-order chi connectivity index (χ0) is 12.6. The van der Waals surface area contributed by atoms with Crippen LogP contribution in [0, 0.1) is 0 Å². The van der Waals surface area contributed by atoms with E-state index in [-0.39, 0.29) is 17.7 Å². The molecule has 0 fully saturated rings. The van der Waals surface area contributed by atoms with Crippen LogP contribution in [0.1, 0.15) is 5.56 Å². The Labute approximate surface area is 105 Å².